The smallest absolute Gasteiger partial charge is 0.159 e. The SMILES string of the molecule is CCCC(OCC)c1nc(C)c(C(C)C)c(N)n1. The molecular weight excluding hydrogens is 226 g/mol. The van der Waals surface area contributed by atoms with Crippen molar-refractivity contribution in [3.63, 3.8) is 0 Å². The van der Waals surface area contributed by atoms with E-state index in [1.165, 1.54) is 0 Å². The zero-order valence-electron chi connectivity index (χ0n) is 12.2. The van der Waals surface area contributed by atoms with Crippen LogP contribution in [-0.2, 0) is 4.74 Å². The Morgan fingerprint density at radius 2 is 1.89 bits per heavy atom. The highest BCUT2D eigenvalue weighted by Crippen LogP contribution is 2.26. The first kappa shape index (κ1) is 14.9. The Bertz CT molecular complexity index is 362. The van der Waals surface area contributed by atoms with E-state index in [-0.39, 0.29) is 6.10 Å². The van der Waals surface area contributed by atoms with Crippen molar-refractivity contribution in [1.29, 1.82) is 0 Å². The number of rotatable bonds is 6. The summed E-state index contributed by atoms with van der Waals surface area (Å²) in [7, 11) is 0. The second kappa shape index (κ2) is 6.69. The molecule has 0 spiro atoms. The summed E-state index contributed by atoms with van der Waals surface area (Å²) in [6.07, 6.45) is 1.93. The van der Waals surface area contributed by atoms with E-state index >= 15 is 0 Å². The van der Waals surface area contributed by atoms with Gasteiger partial charge < -0.3 is 10.5 Å². The predicted octanol–water partition coefficient (Wildman–Crippen LogP) is 3.37. The number of aromatic nitrogens is 2. The van der Waals surface area contributed by atoms with Crippen LogP contribution in [0, 0.1) is 6.92 Å². The Hall–Kier alpha value is -1.16. The van der Waals surface area contributed by atoms with Gasteiger partial charge in [0.2, 0.25) is 0 Å². The summed E-state index contributed by atoms with van der Waals surface area (Å²) in [6, 6.07) is 0. The number of ether oxygens (including phenoxy) is 1. The molecule has 0 aliphatic heterocycles. The first-order valence-electron chi connectivity index (χ1n) is 6.76. The van der Waals surface area contributed by atoms with E-state index in [1.54, 1.807) is 0 Å². The van der Waals surface area contributed by atoms with Crippen LogP contribution in [0.1, 0.15) is 69.6 Å². The van der Waals surface area contributed by atoms with Crippen LogP contribution in [0.4, 0.5) is 5.82 Å². The standard InChI is InChI=1S/C14H25N3O/c1-6-8-11(18-7-2)14-16-10(5)12(9(3)4)13(15)17-14/h9,11H,6-8H2,1-5H3,(H2,15,16,17). The summed E-state index contributed by atoms with van der Waals surface area (Å²) >= 11 is 0. The van der Waals surface area contributed by atoms with Gasteiger partial charge >= 0.3 is 0 Å². The van der Waals surface area contributed by atoms with E-state index in [2.05, 4.69) is 30.7 Å². The predicted molar refractivity (Wildman–Crippen MR) is 74.5 cm³/mol. The van der Waals surface area contributed by atoms with Gasteiger partial charge in [-0.2, -0.15) is 0 Å². The van der Waals surface area contributed by atoms with E-state index in [1.807, 2.05) is 13.8 Å². The van der Waals surface area contributed by atoms with Gasteiger partial charge in [0.15, 0.2) is 5.82 Å². The molecule has 2 N–H and O–H groups in total. The number of nitrogen functional groups attached to an aromatic ring is 1. The summed E-state index contributed by atoms with van der Waals surface area (Å²) in [4.78, 5) is 9.01. The van der Waals surface area contributed by atoms with Crippen molar-refractivity contribution in [3.05, 3.63) is 17.1 Å². The van der Waals surface area contributed by atoms with E-state index < -0.39 is 0 Å². The van der Waals surface area contributed by atoms with Crippen molar-refractivity contribution in [1.82, 2.24) is 9.97 Å². The number of hydrogen-bond acceptors (Lipinski definition) is 4. The summed E-state index contributed by atoms with van der Waals surface area (Å²) in [6.45, 7) is 11.0. The van der Waals surface area contributed by atoms with Gasteiger partial charge in [0.1, 0.15) is 11.9 Å². The van der Waals surface area contributed by atoms with Crippen LogP contribution in [0.2, 0.25) is 0 Å². The van der Waals surface area contributed by atoms with Gasteiger partial charge in [-0.25, -0.2) is 9.97 Å². The second-order valence-electron chi connectivity index (χ2n) is 4.85. The lowest BCUT2D eigenvalue weighted by Crippen LogP contribution is -2.14. The molecule has 0 saturated carbocycles. The highest BCUT2D eigenvalue weighted by molar-refractivity contribution is 5.44. The number of nitrogens with zero attached hydrogens (tertiary/aromatic N) is 2. The van der Waals surface area contributed by atoms with Crippen LogP contribution < -0.4 is 5.73 Å². The number of aryl methyl sites for hydroxylation is 1. The van der Waals surface area contributed by atoms with Crippen molar-refractivity contribution in [3.8, 4) is 0 Å². The molecule has 1 rings (SSSR count). The maximum absolute atomic E-state index is 6.05. The maximum Gasteiger partial charge on any atom is 0.159 e. The lowest BCUT2D eigenvalue weighted by atomic mass is 10.0. The third kappa shape index (κ3) is 3.42. The van der Waals surface area contributed by atoms with Crippen molar-refractivity contribution in [2.75, 3.05) is 12.3 Å². The minimum absolute atomic E-state index is 0.0396. The van der Waals surface area contributed by atoms with Crippen LogP contribution in [0.15, 0.2) is 0 Å². The van der Waals surface area contributed by atoms with E-state index in [0.717, 1.165) is 29.9 Å². The van der Waals surface area contributed by atoms with Crippen molar-refractivity contribution in [2.45, 2.75) is 59.5 Å². The molecule has 1 aromatic heterocycles. The molecule has 102 valence electrons. The fourth-order valence-electron chi connectivity index (χ4n) is 2.23. The molecule has 0 aliphatic carbocycles. The molecule has 0 bridgehead atoms. The number of anilines is 1. The summed E-state index contributed by atoms with van der Waals surface area (Å²) in [5, 5.41) is 0. The summed E-state index contributed by atoms with van der Waals surface area (Å²) in [5.74, 6) is 1.65. The van der Waals surface area contributed by atoms with Crippen LogP contribution in [0.25, 0.3) is 0 Å². The molecule has 1 heterocycles. The van der Waals surface area contributed by atoms with Gasteiger partial charge in [0, 0.05) is 17.9 Å². The lowest BCUT2D eigenvalue weighted by molar-refractivity contribution is 0.0493. The van der Waals surface area contributed by atoms with Gasteiger partial charge in [-0.05, 0) is 26.2 Å². The van der Waals surface area contributed by atoms with Gasteiger partial charge in [-0.15, -0.1) is 0 Å². The van der Waals surface area contributed by atoms with Crippen molar-refractivity contribution in [2.24, 2.45) is 0 Å². The minimum Gasteiger partial charge on any atom is -0.383 e. The molecule has 0 fully saturated rings. The third-order valence-corrected chi connectivity index (χ3v) is 2.97. The van der Waals surface area contributed by atoms with Gasteiger partial charge in [0.25, 0.3) is 0 Å². The molecule has 1 aromatic rings. The highest BCUT2D eigenvalue weighted by Gasteiger charge is 2.18. The maximum atomic E-state index is 6.05. The van der Waals surface area contributed by atoms with E-state index in [4.69, 9.17) is 10.5 Å². The van der Waals surface area contributed by atoms with Gasteiger partial charge in [-0.1, -0.05) is 27.2 Å². The molecule has 0 saturated heterocycles. The molecule has 18 heavy (non-hydrogen) atoms. The molecule has 0 radical (unpaired) electrons. The lowest BCUT2D eigenvalue weighted by Gasteiger charge is -2.18. The quantitative estimate of drug-likeness (QED) is 0.842. The topological polar surface area (TPSA) is 61.0 Å². The molecule has 1 unspecified atom stereocenters. The first-order valence-corrected chi connectivity index (χ1v) is 6.76. The molecule has 4 heteroatoms. The highest BCUT2D eigenvalue weighted by atomic mass is 16.5. The fourth-order valence-corrected chi connectivity index (χ4v) is 2.23. The Balaban J connectivity index is 3.10. The monoisotopic (exact) mass is 251 g/mol. The van der Waals surface area contributed by atoms with Crippen LogP contribution in [-0.4, -0.2) is 16.6 Å². The zero-order chi connectivity index (χ0) is 13.7. The van der Waals surface area contributed by atoms with E-state index in [0.29, 0.717) is 18.3 Å². The largest absolute Gasteiger partial charge is 0.383 e. The molecular formula is C14H25N3O. The van der Waals surface area contributed by atoms with Crippen molar-refractivity contribution < 1.29 is 4.74 Å². The Morgan fingerprint density at radius 1 is 1.22 bits per heavy atom. The van der Waals surface area contributed by atoms with Crippen LogP contribution in [0.3, 0.4) is 0 Å². The summed E-state index contributed by atoms with van der Waals surface area (Å²) < 4.78 is 5.70. The molecule has 4 nitrogen and oxygen atoms in total. The number of hydrogen-bond donors (Lipinski definition) is 1. The Kier molecular flexibility index (Phi) is 5.54. The molecule has 0 amide bonds. The molecule has 0 aromatic carbocycles. The normalized spacial score (nSPS) is 13.0. The van der Waals surface area contributed by atoms with Gasteiger partial charge in [0.05, 0.1) is 0 Å². The van der Waals surface area contributed by atoms with Crippen LogP contribution >= 0.6 is 0 Å². The fraction of sp³-hybridized carbons (Fsp3) is 0.714. The van der Waals surface area contributed by atoms with Crippen LogP contribution in [0.5, 0.6) is 0 Å². The average Bonchev–Trinajstić information content (AvgIpc) is 2.27. The second-order valence-corrected chi connectivity index (χ2v) is 4.85. The molecule has 1 atom stereocenters. The zero-order valence-corrected chi connectivity index (χ0v) is 12.2. The van der Waals surface area contributed by atoms with Crippen molar-refractivity contribution >= 4 is 5.82 Å². The average molecular weight is 251 g/mol. The Morgan fingerprint density at radius 3 is 2.33 bits per heavy atom. The first-order chi connectivity index (χ1) is 8.51. The number of nitrogens with two attached hydrogens (primary N) is 1. The van der Waals surface area contributed by atoms with Gasteiger partial charge in [-0.3, -0.25) is 0 Å². The summed E-state index contributed by atoms with van der Waals surface area (Å²) in [5.41, 5.74) is 8.06. The molecule has 0 aliphatic rings. The Labute approximate surface area is 110 Å². The minimum atomic E-state index is -0.0396. The van der Waals surface area contributed by atoms with E-state index in [9.17, 15) is 0 Å². The third-order valence-electron chi connectivity index (χ3n) is 2.97.